The predicted octanol–water partition coefficient (Wildman–Crippen LogP) is 2.02. The van der Waals surface area contributed by atoms with Crippen molar-refractivity contribution in [3.63, 3.8) is 0 Å². The SMILES string of the molecule is Nc1cccc2c(NCC3(CO)CCOCC3)nccc12. The van der Waals surface area contributed by atoms with E-state index in [-0.39, 0.29) is 12.0 Å². The van der Waals surface area contributed by atoms with Crippen LogP contribution in [0.3, 0.4) is 0 Å². The second kappa shape index (κ2) is 5.87. The highest BCUT2D eigenvalue weighted by Crippen LogP contribution is 2.31. The first-order valence-electron chi connectivity index (χ1n) is 7.30. The zero-order valence-corrected chi connectivity index (χ0v) is 12.0. The van der Waals surface area contributed by atoms with E-state index in [1.165, 1.54) is 0 Å². The molecule has 0 bridgehead atoms. The molecular formula is C16H21N3O2. The van der Waals surface area contributed by atoms with E-state index < -0.39 is 0 Å². The molecule has 0 atom stereocenters. The Bertz CT molecular complexity index is 624. The first-order valence-corrected chi connectivity index (χ1v) is 7.30. The van der Waals surface area contributed by atoms with Crippen LogP contribution < -0.4 is 11.1 Å². The average molecular weight is 287 g/mol. The second-order valence-electron chi connectivity index (χ2n) is 5.73. The number of aliphatic hydroxyl groups is 1. The van der Waals surface area contributed by atoms with Crippen LogP contribution >= 0.6 is 0 Å². The van der Waals surface area contributed by atoms with Crippen LogP contribution in [0.15, 0.2) is 30.5 Å². The van der Waals surface area contributed by atoms with Crippen LogP contribution in [0.1, 0.15) is 12.8 Å². The largest absolute Gasteiger partial charge is 0.398 e. The van der Waals surface area contributed by atoms with Gasteiger partial charge in [0.15, 0.2) is 0 Å². The van der Waals surface area contributed by atoms with Crippen molar-refractivity contribution in [1.82, 2.24) is 4.98 Å². The molecule has 1 saturated heterocycles. The molecule has 1 aromatic heterocycles. The molecule has 1 aliphatic heterocycles. The molecule has 2 heterocycles. The minimum atomic E-state index is -0.123. The summed E-state index contributed by atoms with van der Waals surface area (Å²) < 4.78 is 5.39. The molecule has 1 aliphatic rings. The van der Waals surface area contributed by atoms with Crippen LogP contribution in [-0.2, 0) is 4.74 Å². The van der Waals surface area contributed by atoms with Crippen molar-refractivity contribution in [3.8, 4) is 0 Å². The zero-order valence-electron chi connectivity index (χ0n) is 12.0. The molecule has 0 radical (unpaired) electrons. The van der Waals surface area contributed by atoms with Crippen molar-refractivity contribution in [2.75, 3.05) is 37.4 Å². The lowest BCUT2D eigenvalue weighted by molar-refractivity contribution is -0.00860. The van der Waals surface area contributed by atoms with Gasteiger partial charge in [-0.3, -0.25) is 0 Å². The van der Waals surface area contributed by atoms with Gasteiger partial charge in [0, 0.05) is 47.8 Å². The Hall–Kier alpha value is -1.85. The molecule has 0 aliphatic carbocycles. The van der Waals surface area contributed by atoms with Gasteiger partial charge < -0.3 is 20.9 Å². The molecule has 3 rings (SSSR count). The van der Waals surface area contributed by atoms with Crippen LogP contribution in [0, 0.1) is 5.41 Å². The number of benzene rings is 1. The summed E-state index contributed by atoms with van der Waals surface area (Å²) in [6.07, 6.45) is 3.49. The topological polar surface area (TPSA) is 80.4 Å². The minimum Gasteiger partial charge on any atom is -0.398 e. The lowest BCUT2D eigenvalue weighted by Crippen LogP contribution is -2.39. The van der Waals surface area contributed by atoms with Crippen molar-refractivity contribution in [1.29, 1.82) is 0 Å². The average Bonchev–Trinajstić information content (AvgIpc) is 2.54. The van der Waals surface area contributed by atoms with E-state index in [0.717, 1.165) is 35.1 Å². The number of nitrogens with two attached hydrogens (primary N) is 1. The van der Waals surface area contributed by atoms with Crippen LogP contribution in [0.4, 0.5) is 11.5 Å². The number of ether oxygens (including phenoxy) is 1. The maximum Gasteiger partial charge on any atom is 0.133 e. The van der Waals surface area contributed by atoms with Gasteiger partial charge >= 0.3 is 0 Å². The fourth-order valence-electron chi connectivity index (χ4n) is 2.84. The first-order chi connectivity index (χ1) is 10.2. The number of hydrogen-bond acceptors (Lipinski definition) is 5. The molecular weight excluding hydrogens is 266 g/mol. The summed E-state index contributed by atoms with van der Waals surface area (Å²) in [5.74, 6) is 0.819. The highest BCUT2D eigenvalue weighted by Gasteiger charge is 2.32. The number of anilines is 2. The van der Waals surface area contributed by atoms with E-state index in [1.807, 2.05) is 24.3 Å². The van der Waals surface area contributed by atoms with Gasteiger partial charge in [0.1, 0.15) is 5.82 Å². The molecule has 21 heavy (non-hydrogen) atoms. The van der Waals surface area contributed by atoms with Gasteiger partial charge in [-0.2, -0.15) is 0 Å². The lowest BCUT2D eigenvalue weighted by Gasteiger charge is -2.35. The molecule has 2 aromatic rings. The third-order valence-corrected chi connectivity index (χ3v) is 4.36. The summed E-state index contributed by atoms with van der Waals surface area (Å²) in [5.41, 5.74) is 6.63. The molecule has 0 unspecified atom stereocenters. The Labute approximate surface area is 124 Å². The Kier molecular flexibility index (Phi) is 3.94. The quantitative estimate of drug-likeness (QED) is 0.750. The molecule has 0 saturated carbocycles. The number of nitrogen functional groups attached to an aromatic ring is 1. The molecule has 0 amide bonds. The number of nitrogens with one attached hydrogen (secondary N) is 1. The van der Waals surface area contributed by atoms with Gasteiger partial charge in [-0.1, -0.05) is 12.1 Å². The van der Waals surface area contributed by atoms with Gasteiger partial charge in [0.25, 0.3) is 0 Å². The standard InChI is InChI=1S/C16H21N3O2/c17-14-3-1-2-13-12(14)4-7-18-15(13)19-10-16(11-20)5-8-21-9-6-16/h1-4,7,20H,5-6,8-11,17H2,(H,18,19). The number of aromatic nitrogens is 1. The fraction of sp³-hybridized carbons (Fsp3) is 0.438. The van der Waals surface area contributed by atoms with Gasteiger partial charge in [-0.05, 0) is 25.0 Å². The number of pyridine rings is 1. The first kappa shape index (κ1) is 14.1. The summed E-state index contributed by atoms with van der Waals surface area (Å²) in [7, 11) is 0. The van der Waals surface area contributed by atoms with E-state index in [4.69, 9.17) is 10.5 Å². The van der Waals surface area contributed by atoms with Crippen molar-refractivity contribution in [2.24, 2.45) is 5.41 Å². The molecule has 5 nitrogen and oxygen atoms in total. The molecule has 1 fully saturated rings. The minimum absolute atomic E-state index is 0.123. The monoisotopic (exact) mass is 287 g/mol. The molecule has 4 N–H and O–H groups in total. The van der Waals surface area contributed by atoms with Gasteiger partial charge in [-0.25, -0.2) is 4.98 Å². The highest BCUT2D eigenvalue weighted by molar-refractivity contribution is 5.99. The number of nitrogens with zero attached hydrogens (tertiary/aromatic N) is 1. The Morgan fingerprint density at radius 2 is 2.05 bits per heavy atom. The van der Waals surface area contributed by atoms with E-state index in [1.54, 1.807) is 6.20 Å². The van der Waals surface area contributed by atoms with Gasteiger partial charge in [0.2, 0.25) is 0 Å². The molecule has 5 heteroatoms. The van der Waals surface area contributed by atoms with E-state index in [2.05, 4.69) is 10.3 Å². The number of hydrogen-bond donors (Lipinski definition) is 3. The summed E-state index contributed by atoms with van der Waals surface area (Å²) in [6.45, 7) is 2.26. The van der Waals surface area contributed by atoms with Gasteiger partial charge in [0.05, 0.1) is 6.61 Å². The lowest BCUT2D eigenvalue weighted by atomic mass is 9.81. The van der Waals surface area contributed by atoms with E-state index in [0.29, 0.717) is 19.8 Å². The summed E-state index contributed by atoms with van der Waals surface area (Å²) in [6, 6.07) is 7.75. The smallest absolute Gasteiger partial charge is 0.133 e. The van der Waals surface area contributed by atoms with Gasteiger partial charge in [-0.15, -0.1) is 0 Å². The summed E-state index contributed by atoms with van der Waals surface area (Å²) in [5, 5.41) is 15.1. The fourth-order valence-corrected chi connectivity index (χ4v) is 2.84. The number of fused-ring (bicyclic) bond motifs is 1. The Morgan fingerprint density at radius 3 is 2.81 bits per heavy atom. The van der Waals surface area contributed by atoms with Crippen LogP contribution in [0.5, 0.6) is 0 Å². The molecule has 0 spiro atoms. The van der Waals surface area contributed by atoms with Crippen molar-refractivity contribution in [3.05, 3.63) is 30.5 Å². The van der Waals surface area contributed by atoms with Crippen LogP contribution in [0.2, 0.25) is 0 Å². The Morgan fingerprint density at radius 1 is 1.24 bits per heavy atom. The number of aliphatic hydroxyl groups excluding tert-OH is 1. The van der Waals surface area contributed by atoms with E-state index in [9.17, 15) is 5.11 Å². The van der Waals surface area contributed by atoms with Crippen molar-refractivity contribution >= 4 is 22.3 Å². The second-order valence-corrected chi connectivity index (χ2v) is 5.73. The van der Waals surface area contributed by atoms with Crippen LogP contribution in [-0.4, -0.2) is 36.5 Å². The zero-order chi connectivity index (χ0) is 14.7. The van der Waals surface area contributed by atoms with Crippen LogP contribution in [0.25, 0.3) is 10.8 Å². The highest BCUT2D eigenvalue weighted by atomic mass is 16.5. The van der Waals surface area contributed by atoms with Crippen molar-refractivity contribution in [2.45, 2.75) is 12.8 Å². The molecule has 1 aromatic carbocycles. The normalized spacial score (nSPS) is 17.8. The third-order valence-electron chi connectivity index (χ3n) is 4.36. The maximum atomic E-state index is 9.74. The third kappa shape index (κ3) is 2.80. The summed E-state index contributed by atoms with van der Waals surface area (Å²) in [4.78, 5) is 4.42. The predicted molar refractivity (Wildman–Crippen MR) is 84.2 cm³/mol. The van der Waals surface area contributed by atoms with Crippen molar-refractivity contribution < 1.29 is 9.84 Å². The van der Waals surface area contributed by atoms with E-state index >= 15 is 0 Å². The molecule has 112 valence electrons. The Balaban J connectivity index is 1.83. The maximum absolute atomic E-state index is 9.74. The summed E-state index contributed by atoms with van der Waals surface area (Å²) >= 11 is 0. The number of rotatable bonds is 4.